The molecule has 0 aliphatic heterocycles. The van der Waals surface area contributed by atoms with Gasteiger partial charge >= 0.3 is 5.69 Å². The first kappa shape index (κ1) is 20.5. The van der Waals surface area contributed by atoms with E-state index >= 15 is 0 Å². The number of nitrogens with one attached hydrogen (secondary N) is 1. The number of likely N-dealkylation sites (N-methyl/N-ethyl adjacent to an activating group) is 1. The first-order chi connectivity index (χ1) is 13.3. The lowest BCUT2D eigenvalue weighted by Gasteiger charge is -2.16. The zero-order chi connectivity index (χ0) is 20.3. The van der Waals surface area contributed by atoms with Gasteiger partial charge in [-0.3, -0.25) is 9.36 Å². The number of rotatable bonds is 7. The molecular weight excluding hydrogens is 386 g/mol. The summed E-state index contributed by atoms with van der Waals surface area (Å²) in [6.07, 6.45) is 2.61. The Morgan fingerprint density at radius 2 is 2.07 bits per heavy atom. The van der Waals surface area contributed by atoms with Crippen LogP contribution in [0.1, 0.15) is 17.7 Å². The lowest BCUT2D eigenvalue weighted by molar-refractivity contribution is -0.113. The van der Waals surface area contributed by atoms with Crippen molar-refractivity contribution in [1.82, 2.24) is 14.5 Å². The van der Waals surface area contributed by atoms with E-state index in [9.17, 15) is 18.4 Å². The number of halogens is 2. The molecule has 28 heavy (non-hydrogen) atoms. The van der Waals surface area contributed by atoms with E-state index in [4.69, 9.17) is 0 Å². The largest absolute Gasteiger partial charge is 0.348 e. The molecule has 3 rings (SSSR count). The second kappa shape index (κ2) is 8.83. The van der Waals surface area contributed by atoms with Gasteiger partial charge in [-0.05, 0) is 45.5 Å². The summed E-state index contributed by atoms with van der Waals surface area (Å²) in [4.78, 5) is 30.8. The number of hydrogen-bond donors (Lipinski definition) is 1. The highest BCUT2D eigenvalue weighted by molar-refractivity contribution is 8.00. The van der Waals surface area contributed by atoms with Gasteiger partial charge in [-0.1, -0.05) is 11.8 Å². The van der Waals surface area contributed by atoms with Gasteiger partial charge in [-0.15, -0.1) is 0 Å². The summed E-state index contributed by atoms with van der Waals surface area (Å²) in [6, 6.07) is 3.18. The van der Waals surface area contributed by atoms with Gasteiger partial charge in [0.05, 0.1) is 5.75 Å². The molecule has 0 atom stereocenters. The van der Waals surface area contributed by atoms with Gasteiger partial charge in [-0.25, -0.2) is 13.6 Å². The first-order valence-electron chi connectivity index (χ1n) is 9.00. The maximum absolute atomic E-state index is 13.2. The molecule has 1 aliphatic rings. The van der Waals surface area contributed by atoms with E-state index in [0.717, 1.165) is 49.2 Å². The van der Waals surface area contributed by atoms with Crippen LogP contribution in [-0.4, -0.2) is 46.8 Å². The van der Waals surface area contributed by atoms with Gasteiger partial charge < -0.3 is 10.2 Å². The summed E-state index contributed by atoms with van der Waals surface area (Å²) in [5.74, 6) is -2.34. The predicted octanol–water partition coefficient (Wildman–Crippen LogP) is 2.30. The Bertz CT molecular complexity index is 946. The second-order valence-electron chi connectivity index (χ2n) is 6.90. The Labute approximate surface area is 166 Å². The van der Waals surface area contributed by atoms with Crippen molar-refractivity contribution >= 4 is 23.4 Å². The molecule has 0 saturated carbocycles. The Morgan fingerprint density at radius 3 is 2.79 bits per heavy atom. The molecule has 0 fully saturated rings. The van der Waals surface area contributed by atoms with Gasteiger partial charge in [-0.2, -0.15) is 4.98 Å². The number of fused-ring (bicyclic) bond motifs is 1. The molecule has 150 valence electrons. The van der Waals surface area contributed by atoms with Crippen molar-refractivity contribution in [2.75, 3.05) is 31.7 Å². The number of carbonyl (C=O) groups excluding carboxylic acids is 1. The highest BCUT2D eigenvalue weighted by Gasteiger charge is 2.22. The Morgan fingerprint density at radius 1 is 1.29 bits per heavy atom. The van der Waals surface area contributed by atoms with Crippen LogP contribution < -0.4 is 11.0 Å². The molecular formula is C19H22F2N4O2S. The molecule has 1 N–H and O–H groups in total. The predicted molar refractivity (Wildman–Crippen MR) is 105 cm³/mol. The Kier molecular flexibility index (Phi) is 6.46. The molecule has 0 unspecified atom stereocenters. The lowest BCUT2D eigenvalue weighted by Crippen LogP contribution is -2.31. The summed E-state index contributed by atoms with van der Waals surface area (Å²) in [7, 11) is 3.91. The number of amides is 1. The number of carbonyl (C=O) groups is 1. The van der Waals surface area contributed by atoms with E-state index in [1.54, 1.807) is 4.57 Å². The van der Waals surface area contributed by atoms with Crippen molar-refractivity contribution in [2.45, 2.75) is 30.8 Å². The molecule has 0 radical (unpaired) electrons. The van der Waals surface area contributed by atoms with Gasteiger partial charge in [0, 0.05) is 36.1 Å². The minimum atomic E-state index is -1.02. The topological polar surface area (TPSA) is 67.2 Å². The molecule has 0 saturated heterocycles. The standard InChI is InChI=1S/C19H22F2N4O2S/c1-24(2)8-9-25-16-5-3-4-13(16)18(23-19(25)27)28-11-17(26)22-12-6-7-14(20)15(21)10-12/h6-7,10H,3-5,8-9,11H2,1-2H3,(H,22,26). The first-order valence-corrected chi connectivity index (χ1v) is 9.98. The maximum Gasteiger partial charge on any atom is 0.348 e. The average molecular weight is 408 g/mol. The molecule has 6 nitrogen and oxygen atoms in total. The van der Waals surface area contributed by atoms with E-state index < -0.39 is 11.6 Å². The Balaban J connectivity index is 1.70. The van der Waals surface area contributed by atoms with Crippen LogP contribution in [0.15, 0.2) is 28.0 Å². The number of aromatic nitrogens is 2. The van der Waals surface area contributed by atoms with E-state index in [1.165, 1.54) is 17.8 Å². The second-order valence-corrected chi connectivity index (χ2v) is 7.86. The molecule has 0 spiro atoms. The third kappa shape index (κ3) is 4.77. The van der Waals surface area contributed by atoms with E-state index in [2.05, 4.69) is 10.3 Å². The van der Waals surface area contributed by atoms with Crippen LogP contribution in [0, 0.1) is 11.6 Å². The molecule has 2 aromatic rings. The number of anilines is 1. The highest BCUT2D eigenvalue weighted by atomic mass is 32.2. The zero-order valence-corrected chi connectivity index (χ0v) is 16.6. The summed E-state index contributed by atoms with van der Waals surface area (Å²) in [6.45, 7) is 1.33. The smallest absolute Gasteiger partial charge is 0.325 e. The van der Waals surface area contributed by atoms with Crippen molar-refractivity contribution in [3.05, 3.63) is 51.6 Å². The third-order valence-corrected chi connectivity index (χ3v) is 5.53. The highest BCUT2D eigenvalue weighted by Crippen LogP contribution is 2.29. The normalized spacial score (nSPS) is 13.0. The zero-order valence-electron chi connectivity index (χ0n) is 15.8. The fraction of sp³-hybridized carbons (Fsp3) is 0.421. The quantitative estimate of drug-likeness (QED) is 0.563. The third-order valence-electron chi connectivity index (χ3n) is 4.51. The number of thioether (sulfide) groups is 1. The van der Waals surface area contributed by atoms with Crippen LogP contribution in [0.25, 0.3) is 0 Å². The monoisotopic (exact) mass is 408 g/mol. The van der Waals surface area contributed by atoms with Crippen molar-refractivity contribution in [1.29, 1.82) is 0 Å². The number of hydrogen-bond acceptors (Lipinski definition) is 5. The number of nitrogens with zero attached hydrogens (tertiary/aromatic N) is 3. The SMILES string of the molecule is CN(C)CCn1c2c(c(SCC(=O)Nc3ccc(F)c(F)c3)nc1=O)CCC2. The van der Waals surface area contributed by atoms with Crippen LogP contribution in [0.2, 0.25) is 0 Å². The van der Waals surface area contributed by atoms with Crippen molar-refractivity contribution < 1.29 is 13.6 Å². The molecule has 1 aromatic carbocycles. The minimum absolute atomic E-state index is 0.0274. The van der Waals surface area contributed by atoms with Crippen molar-refractivity contribution in [3.8, 4) is 0 Å². The number of benzene rings is 1. The Hall–Kier alpha value is -2.26. The van der Waals surface area contributed by atoms with Crippen LogP contribution in [0.4, 0.5) is 14.5 Å². The fourth-order valence-electron chi connectivity index (χ4n) is 3.14. The van der Waals surface area contributed by atoms with E-state index in [-0.39, 0.29) is 23.0 Å². The van der Waals surface area contributed by atoms with Gasteiger partial charge in [0.2, 0.25) is 5.91 Å². The summed E-state index contributed by atoms with van der Waals surface area (Å²) < 4.78 is 27.9. The van der Waals surface area contributed by atoms with Crippen LogP contribution >= 0.6 is 11.8 Å². The van der Waals surface area contributed by atoms with Crippen LogP contribution in [-0.2, 0) is 24.2 Å². The van der Waals surface area contributed by atoms with Crippen LogP contribution in [0.3, 0.4) is 0 Å². The molecule has 0 bridgehead atoms. The van der Waals surface area contributed by atoms with E-state index in [1.807, 2.05) is 19.0 Å². The van der Waals surface area contributed by atoms with Gasteiger partial charge in [0.25, 0.3) is 0 Å². The summed E-state index contributed by atoms with van der Waals surface area (Å²) >= 11 is 1.19. The molecule has 1 heterocycles. The summed E-state index contributed by atoms with van der Waals surface area (Å²) in [5, 5.41) is 3.11. The van der Waals surface area contributed by atoms with E-state index in [0.29, 0.717) is 11.6 Å². The maximum atomic E-state index is 13.2. The van der Waals surface area contributed by atoms with Crippen LogP contribution in [0.5, 0.6) is 0 Å². The minimum Gasteiger partial charge on any atom is -0.325 e. The molecule has 1 aromatic heterocycles. The fourth-order valence-corrected chi connectivity index (χ4v) is 4.02. The van der Waals surface area contributed by atoms with Gasteiger partial charge in [0.1, 0.15) is 5.03 Å². The van der Waals surface area contributed by atoms with Crippen molar-refractivity contribution in [3.63, 3.8) is 0 Å². The van der Waals surface area contributed by atoms with Gasteiger partial charge in [0.15, 0.2) is 11.6 Å². The lowest BCUT2D eigenvalue weighted by atomic mass is 10.2. The average Bonchev–Trinajstić information content (AvgIpc) is 3.11. The molecule has 1 aliphatic carbocycles. The summed E-state index contributed by atoms with van der Waals surface area (Å²) in [5.41, 5.74) is 1.92. The molecule has 9 heteroatoms. The molecule has 1 amide bonds. The van der Waals surface area contributed by atoms with Crippen molar-refractivity contribution in [2.24, 2.45) is 0 Å².